The van der Waals surface area contributed by atoms with E-state index in [0.29, 0.717) is 28.4 Å². The summed E-state index contributed by atoms with van der Waals surface area (Å²) in [5.74, 6) is 1.03. The predicted molar refractivity (Wildman–Crippen MR) is 128 cm³/mol. The van der Waals surface area contributed by atoms with E-state index in [1.54, 1.807) is 32.2 Å². The Morgan fingerprint density at radius 3 is 2.12 bits per heavy atom. The van der Waals surface area contributed by atoms with Crippen molar-refractivity contribution in [2.75, 3.05) is 14.2 Å². The van der Waals surface area contributed by atoms with E-state index in [4.69, 9.17) is 25.2 Å². The van der Waals surface area contributed by atoms with E-state index in [0.717, 1.165) is 22.4 Å². The van der Waals surface area contributed by atoms with Crippen molar-refractivity contribution < 1.29 is 19.0 Å². The van der Waals surface area contributed by atoms with Crippen molar-refractivity contribution >= 4 is 11.5 Å². The molecule has 6 nitrogen and oxygen atoms in total. The molecule has 0 amide bonds. The third-order valence-electron chi connectivity index (χ3n) is 5.91. The van der Waals surface area contributed by atoms with Gasteiger partial charge in [-0.05, 0) is 74.4 Å². The van der Waals surface area contributed by atoms with Gasteiger partial charge in [0.1, 0.15) is 28.9 Å². The lowest BCUT2D eigenvalue weighted by Crippen LogP contribution is -2.23. The molecular weight excluding hydrogens is 421 g/mol. The molecule has 3 aromatic carbocycles. The van der Waals surface area contributed by atoms with Crippen LogP contribution in [0.4, 0.5) is 4.39 Å². The fourth-order valence-electron chi connectivity index (χ4n) is 4.28. The van der Waals surface area contributed by atoms with E-state index in [-0.39, 0.29) is 11.3 Å². The SMILES string of the molecule is COc1ccc(F)c(-c2cc(C3(c4cc(C)c(OC)c(C)c4)N=C(C)C(N)=N3)ccc2O)c1. The van der Waals surface area contributed by atoms with Crippen molar-refractivity contribution in [1.82, 2.24) is 0 Å². The van der Waals surface area contributed by atoms with Crippen LogP contribution < -0.4 is 15.2 Å². The number of aliphatic imine (C=N–C) groups is 2. The van der Waals surface area contributed by atoms with E-state index >= 15 is 0 Å². The van der Waals surface area contributed by atoms with E-state index in [1.165, 1.54) is 25.3 Å². The highest BCUT2D eigenvalue weighted by Crippen LogP contribution is 2.44. The Kier molecular flexibility index (Phi) is 5.57. The van der Waals surface area contributed by atoms with E-state index in [9.17, 15) is 9.50 Å². The third kappa shape index (κ3) is 3.69. The zero-order valence-electron chi connectivity index (χ0n) is 19.2. The quantitative estimate of drug-likeness (QED) is 0.584. The average Bonchev–Trinajstić information content (AvgIpc) is 3.09. The first kappa shape index (κ1) is 22.3. The highest BCUT2D eigenvalue weighted by Gasteiger charge is 2.39. The number of phenolic OH excluding ortho intramolecular Hbond substituents is 1. The minimum absolute atomic E-state index is 0.0706. The van der Waals surface area contributed by atoms with Crippen LogP contribution in [-0.4, -0.2) is 30.9 Å². The standard InChI is InChI=1S/C26H26FN3O3/c1-14-10-18(11-15(2)24(14)33-5)26(29-16(3)25(28)30-26)17-6-9-23(31)21(12-17)20-13-19(32-4)7-8-22(20)27/h6-13,31H,1-5H3,(H2,28,30). The number of amidine groups is 1. The molecule has 0 radical (unpaired) electrons. The lowest BCUT2D eigenvalue weighted by molar-refractivity contribution is 0.408. The molecule has 3 aromatic rings. The summed E-state index contributed by atoms with van der Waals surface area (Å²) >= 11 is 0. The normalized spacial score (nSPS) is 17.5. The summed E-state index contributed by atoms with van der Waals surface area (Å²) in [7, 11) is 3.14. The molecule has 3 N–H and O–H groups in total. The first-order valence-electron chi connectivity index (χ1n) is 10.5. The maximum absolute atomic E-state index is 14.8. The minimum Gasteiger partial charge on any atom is -0.507 e. The Hall–Kier alpha value is -3.87. The van der Waals surface area contributed by atoms with Gasteiger partial charge in [0.25, 0.3) is 0 Å². The molecular formula is C26H26FN3O3. The average molecular weight is 448 g/mol. The van der Waals surface area contributed by atoms with Gasteiger partial charge in [0.15, 0.2) is 0 Å². The van der Waals surface area contributed by atoms with Crippen LogP contribution in [0.2, 0.25) is 0 Å². The second kappa shape index (κ2) is 8.24. The van der Waals surface area contributed by atoms with Crippen molar-refractivity contribution in [2.24, 2.45) is 15.7 Å². The Balaban J connectivity index is 1.98. The number of nitrogens with zero attached hydrogens (tertiary/aromatic N) is 2. The minimum atomic E-state index is -1.17. The van der Waals surface area contributed by atoms with Crippen LogP contribution in [-0.2, 0) is 5.66 Å². The van der Waals surface area contributed by atoms with Gasteiger partial charge in [-0.3, -0.25) is 0 Å². The molecule has 0 spiro atoms. The monoisotopic (exact) mass is 447 g/mol. The summed E-state index contributed by atoms with van der Waals surface area (Å²) in [5.41, 5.74) is 9.40. The number of phenols is 1. The molecule has 0 fully saturated rings. The topological polar surface area (TPSA) is 89.4 Å². The van der Waals surface area contributed by atoms with Crippen LogP contribution in [0.1, 0.15) is 29.2 Å². The molecule has 0 aliphatic carbocycles. The number of hydrogen-bond acceptors (Lipinski definition) is 6. The van der Waals surface area contributed by atoms with Crippen molar-refractivity contribution in [2.45, 2.75) is 26.4 Å². The number of benzene rings is 3. The van der Waals surface area contributed by atoms with Crippen molar-refractivity contribution in [1.29, 1.82) is 0 Å². The van der Waals surface area contributed by atoms with Crippen molar-refractivity contribution in [3.63, 3.8) is 0 Å². The number of methoxy groups -OCH3 is 2. The van der Waals surface area contributed by atoms with Gasteiger partial charge in [0.2, 0.25) is 5.66 Å². The fourth-order valence-corrected chi connectivity index (χ4v) is 4.28. The zero-order chi connectivity index (χ0) is 23.9. The molecule has 1 aliphatic heterocycles. The highest BCUT2D eigenvalue weighted by atomic mass is 19.1. The van der Waals surface area contributed by atoms with Gasteiger partial charge in [-0.15, -0.1) is 0 Å². The lowest BCUT2D eigenvalue weighted by atomic mass is 9.87. The van der Waals surface area contributed by atoms with Crippen LogP contribution in [0.25, 0.3) is 11.1 Å². The summed E-state index contributed by atoms with van der Waals surface area (Å²) in [6.07, 6.45) is 0. The molecule has 1 aliphatic rings. The first-order valence-corrected chi connectivity index (χ1v) is 10.5. The van der Waals surface area contributed by atoms with Crippen LogP contribution >= 0.6 is 0 Å². The number of halogens is 1. The smallest absolute Gasteiger partial charge is 0.204 e. The summed E-state index contributed by atoms with van der Waals surface area (Å²) in [5, 5.41) is 10.6. The van der Waals surface area contributed by atoms with E-state index in [2.05, 4.69) is 0 Å². The van der Waals surface area contributed by atoms with Crippen LogP contribution in [0.5, 0.6) is 17.2 Å². The molecule has 1 heterocycles. The van der Waals surface area contributed by atoms with Gasteiger partial charge in [-0.1, -0.05) is 6.07 Å². The molecule has 4 rings (SSSR count). The Bertz CT molecular complexity index is 1270. The molecule has 1 atom stereocenters. The highest BCUT2D eigenvalue weighted by molar-refractivity contribution is 6.41. The van der Waals surface area contributed by atoms with Gasteiger partial charge >= 0.3 is 0 Å². The van der Waals surface area contributed by atoms with Gasteiger partial charge in [0.05, 0.1) is 19.9 Å². The van der Waals surface area contributed by atoms with Gasteiger partial charge in [-0.25, -0.2) is 14.4 Å². The summed E-state index contributed by atoms with van der Waals surface area (Å²) in [6, 6.07) is 13.2. The molecule has 7 heteroatoms. The van der Waals surface area contributed by atoms with Gasteiger partial charge < -0.3 is 20.3 Å². The Morgan fingerprint density at radius 2 is 1.55 bits per heavy atom. The number of aromatic hydroxyl groups is 1. The first-order chi connectivity index (χ1) is 15.7. The Labute approximate surface area is 192 Å². The van der Waals surface area contributed by atoms with E-state index < -0.39 is 11.5 Å². The molecule has 1 unspecified atom stereocenters. The number of aryl methyl sites for hydroxylation is 2. The Morgan fingerprint density at radius 1 is 0.848 bits per heavy atom. The molecule has 0 saturated heterocycles. The summed E-state index contributed by atoms with van der Waals surface area (Å²) in [6.45, 7) is 5.71. The van der Waals surface area contributed by atoms with Crippen LogP contribution in [0.3, 0.4) is 0 Å². The number of nitrogens with two attached hydrogens (primary N) is 1. The molecule has 170 valence electrons. The van der Waals surface area contributed by atoms with Crippen LogP contribution in [0, 0.1) is 19.7 Å². The maximum Gasteiger partial charge on any atom is 0.204 e. The predicted octanol–water partition coefficient (Wildman–Crippen LogP) is 4.87. The lowest BCUT2D eigenvalue weighted by Gasteiger charge is -2.27. The van der Waals surface area contributed by atoms with Crippen molar-refractivity contribution in [3.8, 4) is 28.4 Å². The summed E-state index contributed by atoms with van der Waals surface area (Å²) in [4.78, 5) is 9.60. The fraction of sp³-hybridized carbons (Fsp3) is 0.231. The molecule has 33 heavy (non-hydrogen) atoms. The molecule has 0 aromatic heterocycles. The second-order valence-corrected chi connectivity index (χ2v) is 8.09. The number of ether oxygens (including phenoxy) is 2. The largest absolute Gasteiger partial charge is 0.507 e. The number of hydrogen-bond donors (Lipinski definition) is 2. The molecule has 0 bridgehead atoms. The zero-order valence-corrected chi connectivity index (χ0v) is 19.2. The second-order valence-electron chi connectivity index (χ2n) is 8.09. The molecule has 0 saturated carbocycles. The van der Waals surface area contributed by atoms with Gasteiger partial charge in [0, 0.05) is 22.3 Å². The van der Waals surface area contributed by atoms with Crippen LogP contribution in [0.15, 0.2) is 58.5 Å². The number of rotatable bonds is 5. The van der Waals surface area contributed by atoms with Gasteiger partial charge in [-0.2, -0.15) is 0 Å². The third-order valence-corrected chi connectivity index (χ3v) is 5.91. The van der Waals surface area contributed by atoms with E-state index in [1.807, 2.05) is 26.0 Å². The van der Waals surface area contributed by atoms with Crippen molar-refractivity contribution in [3.05, 3.63) is 76.6 Å². The summed E-state index contributed by atoms with van der Waals surface area (Å²) < 4.78 is 25.5. The maximum atomic E-state index is 14.8.